The molecule has 2 N–H and O–H groups in total. The molecule has 0 radical (unpaired) electrons. The van der Waals surface area contributed by atoms with Crippen LogP contribution in [0.2, 0.25) is 0 Å². The van der Waals surface area contributed by atoms with Crippen LogP contribution in [0, 0.1) is 5.92 Å². The van der Waals surface area contributed by atoms with E-state index in [1.807, 2.05) is 13.8 Å². The Morgan fingerprint density at radius 3 is 2.70 bits per heavy atom. The highest BCUT2D eigenvalue weighted by atomic mass is 19.3. The zero-order chi connectivity index (χ0) is 15.1. The first kappa shape index (κ1) is 16.4. The number of rotatable bonds is 7. The lowest BCUT2D eigenvalue weighted by Crippen LogP contribution is -2.35. The average Bonchev–Trinajstić information content (AvgIpc) is 2.42. The zero-order valence-corrected chi connectivity index (χ0v) is 11.5. The normalized spacial score (nSPS) is 12.6. The average molecular weight is 287 g/mol. The standard InChI is InChI=1S/C14H19F2NO3/c1-9(2)8-20-11-5-3-4-10(6-11)14(19)17-7-12(18)13(15)16/h3-6,9,12-13,18H,7-8H2,1-2H3,(H,17,19). The third-order valence-corrected chi connectivity index (χ3v) is 2.44. The van der Waals surface area contributed by atoms with Gasteiger partial charge in [0.05, 0.1) is 6.61 Å². The molecule has 1 aromatic rings. The van der Waals surface area contributed by atoms with Gasteiger partial charge in [-0.25, -0.2) is 8.78 Å². The first-order valence-corrected chi connectivity index (χ1v) is 6.37. The van der Waals surface area contributed by atoms with E-state index in [1.165, 1.54) is 6.07 Å². The van der Waals surface area contributed by atoms with E-state index in [9.17, 15) is 13.6 Å². The fourth-order valence-corrected chi connectivity index (χ4v) is 1.38. The van der Waals surface area contributed by atoms with Gasteiger partial charge in [-0.15, -0.1) is 0 Å². The van der Waals surface area contributed by atoms with Gasteiger partial charge in [-0.1, -0.05) is 19.9 Å². The van der Waals surface area contributed by atoms with Gasteiger partial charge >= 0.3 is 0 Å². The number of halogens is 2. The Hall–Kier alpha value is -1.69. The molecule has 0 saturated carbocycles. The molecule has 6 heteroatoms. The topological polar surface area (TPSA) is 58.6 Å². The molecule has 0 bridgehead atoms. The molecule has 1 aromatic carbocycles. The molecule has 0 aliphatic carbocycles. The number of alkyl halides is 2. The fraction of sp³-hybridized carbons (Fsp3) is 0.500. The van der Waals surface area contributed by atoms with Crippen LogP contribution in [0.3, 0.4) is 0 Å². The Morgan fingerprint density at radius 2 is 2.10 bits per heavy atom. The van der Waals surface area contributed by atoms with Gasteiger partial charge in [0, 0.05) is 12.1 Å². The maximum atomic E-state index is 12.1. The number of carbonyl (C=O) groups excluding carboxylic acids is 1. The van der Waals surface area contributed by atoms with Crippen LogP contribution in [0.25, 0.3) is 0 Å². The lowest BCUT2D eigenvalue weighted by atomic mass is 10.2. The Labute approximate surface area is 116 Å². The number of nitrogens with one attached hydrogen (secondary N) is 1. The third-order valence-electron chi connectivity index (χ3n) is 2.44. The second kappa shape index (κ2) is 7.79. The number of benzene rings is 1. The van der Waals surface area contributed by atoms with Crippen molar-refractivity contribution in [3.8, 4) is 5.75 Å². The second-order valence-corrected chi connectivity index (χ2v) is 4.84. The van der Waals surface area contributed by atoms with Gasteiger partial charge in [-0.3, -0.25) is 4.79 Å². The highest BCUT2D eigenvalue weighted by Gasteiger charge is 2.18. The summed E-state index contributed by atoms with van der Waals surface area (Å²) in [5, 5.41) is 11.2. The number of aliphatic hydroxyl groups excluding tert-OH is 1. The number of ether oxygens (including phenoxy) is 1. The van der Waals surface area contributed by atoms with Crippen molar-refractivity contribution >= 4 is 5.91 Å². The van der Waals surface area contributed by atoms with Gasteiger partial charge in [-0.2, -0.15) is 0 Å². The fourth-order valence-electron chi connectivity index (χ4n) is 1.38. The molecule has 4 nitrogen and oxygen atoms in total. The van der Waals surface area contributed by atoms with E-state index in [0.29, 0.717) is 23.8 Å². The summed E-state index contributed by atoms with van der Waals surface area (Å²) in [6, 6.07) is 6.44. The van der Waals surface area contributed by atoms with Gasteiger partial charge < -0.3 is 15.2 Å². The Balaban J connectivity index is 2.57. The molecule has 1 unspecified atom stereocenters. The van der Waals surface area contributed by atoms with Crippen molar-refractivity contribution in [2.24, 2.45) is 5.92 Å². The smallest absolute Gasteiger partial charge is 0.265 e. The minimum atomic E-state index is -2.88. The molecular formula is C14H19F2NO3. The van der Waals surface area contributed by atoms with Crippen molar-refractivity contribution in [2.45, 2.75) is 26.4 Å². The predicted octanol–water partition coefficient (Wildman–Crippen LogP) is 2.08. The van der Waals surface area contributed by atoms with Crippen LogP contribution in [-0.2, 0) is 0 Å². The highest BCUT2D eigenvalue weighted by Crippen LogP contribution is 2.14. The molecule has 1 atom stereocenters. The Bertz CT molecular complexity index is 438. The van der Waals surface area contributed by atoms with Crippen LogP contribution in [0.5, 0.6) is 5.75 Å². The largest absolute Gasteiger partial charge is 0.493 e. The molecule has 0 saturated heterocycles. The minimum absolute atomic E-state index is 0.299. The van der Waals surface area contributed by atoms with E-state index >= 15 is 0 Å². The molecule has 1 amide bonds. The van der Waals surface area contributed by atoms with Crippen LogP contribution in [0.15, 0.2) is 24.3 Å². The van der Waals surface area contributed by atoms with Crippen LogP contribution in [-0.4, -0.2) is 36.7 Å². The number of hydrogen-bond acceptors (Lipinski definition) is 3. The van der Waals surface area contributed by atoms with Crippen molar-refractivity contribution in [2.75, 3.05) is 13.2 Å². The van der Waals surface area contributed by atoms with Crippen molar-refractivity contribution in [3.05, 3.63) is 29.8 Å². The summed E-state index contributed by atoms with van der Waals surface area (Å²) in [6.07, 6.45) is -4.74. The van der Waals surface area contributed by atoms with E-state index in [0.717, 1.165) is 0 Å². The summed E-state index contributed by atoms with van der Waals surface area (Å²) < 4.78 is 29.7. The molecule has 0 fully saturated rings. The lowest BCUT2D eigenvalue weighted by molar-refractivity contribution is -0.00270. The monoisotopic (exact) mass is 287 g/mol. The van der Waals surface area contributed by atoms with E-state index in [2.05, 4.69) is 5.32 Å². The summed E-state index contributed by atoms with van der Waals surface area (Å²) in [5.74, 6) is 0.370. The molecule has 20 heavy (non-hydrogen) atoms. The zero-order valence-electron chi connectivity index (χ0n) is 11.5. The quantitative estimate of drug-likeness (QED) is 0.807. The first-order chi connectivity index (χ1) is 9.40. The summed E-state index contributed by atoms with van der Waals surface area (Å²) in [4.78, 5) is 11.7. The summed E-state index contributed by atoms with van der Waals surface area (Å²) in [6.45, 7) is 4.04. The molecule has 112 valence electrons. The van der Waals surface area contributed by atoms with Gasteiger partial charge in [0.2, 0.25) is 0 Å². The molecule has 0 aliphatic rings. The van der Waals surface area contributed by atoms with Gasteiger partial charge in [0.25, 0.3) is 12.3 Å². The Kier molecular flexibility index (Phi) is 6.38. The predicted molar refractivity (Wildman–Crippen MR) is 71.1 cm³/mol. The van der Waals surface area contributed by atoms with Crippen LogP contribution < -0.4 is 10.1 Å². The van der Waals surface area contributed by atoms with E-state index in [4.69, 9.17) is 9.84 Å². The van der Waals surface area contributed by atoms with Crippen molar-refractivity contribution in [1.29, 1.82) is 0 Å². The van der Waals surface area contributed by atoms with Gasteiger partial charge in [0.1, 0.15) is 11.9 Å². The number of aliphatic hydroxyl groups is 1. The molecule has 0 spiro atoms. The van der Waals surface area contributed by atoms with Crippen molar-refractivity contribution in [1.82, 2.24) is 5.32 Å². The Morgan fingerprint density at radius 1 is 1.40 bits per heavy atom. The lowest BCUT2D eigenvalue weighted by Gasteiger charge is -2.12. The molecule has 0 aromatic heterocycles. The summed E-state index contributed by atoms with van der Waals surface area (Å²) in [5.41, 5.74) is 0.299. The van der Waals surface area contributed by atoms with Gasteiger partial charge in [-0.05, 0) is 24.1 Å². The summed E-state index contributed by atoms with van der Waals surface area (Å²) in [7, 11) is 0. The molecule has 0 aliphatic heterocycles. The highest BCUT2D eigenvalue weighted by molar-refractivity contribution is 5.94. The summed E-state index contributed by atoms with van der Waals surface area (Å²) >= 11 is 0. The van der Waals surface area contributed by atoms with Gasteiger partial charge in [0.15, 0.2) is 0 Å². The van der Waals surface area contributed by atoms with E-state index < -0.39 is 25.0 Å². The number of carbonyl (C=O) groups is 1. The third kappa shape index (κ3) is 5.52. The van der Waals surface area contributed by atoms with Crippen LogP contribution >= 0.6 is 0 Å². The molecular weight excluding hydrogens is 268 g/mol. The molecule has 1 rings (SSSR count). The molecule has 0 heterocycles. The maximum Gasteiger partial charge on any atom is 0.265 e. The SMILES string of the molecule is CC(C)COc1cccc(C(=O)NCC(O)C(F)F)c1. The van der Waals surface area contributed by atoms with Crippen LogP contribution in [0.1, 0.15) is 24.2 Å². The second-order valence-electron chi connectivity index (χ2n) is 4.84. The van der Waals surface area contributed by atoms with Crippen molar-refractivity contribution in [3.63, 3.8) is 0 Å². The minimum Gasteiger partial charge on any atom is -0.493 e. The first-order valence-electron chi connectivity index (χ1n) is 6.37. The number of amides is 1. The van der Waals surface area contributed by atoms with E-state index in [-0.39, 0.29) is 0 Å². The van der Waals surface area contributed by atoms with Crippen LogP contribution in [0.4, 0.5) is 8.78 Å². The maximum absolute atomic E-state index is 12.1. The van der Waals surface area contributed by atoms with Crippen molar-refractivity contribution < 1.29 is 23.4 Å². The van der Waals surface area contributed by atoms with E-state index in [1.54, 1.807) is 18.2 Å². The number of hydrogen-bond donors (Lipinski definition) is 2.